The molecule has 0 saturated heterocycles. The zero-order valence-electron chi connectivity index (χ0n) is 14.1. The topological polar surface area (TPSA) is 34.0 Å². The Bertz CT molecular complexity index is 800. The lowest BCUT2D eigenvalue weighted by atomic mass is 9.75. The number of pyridine rings is 1. The third kappa shape index (κ3) is 3.09. The Labute approximate surface area is 137 Å². The first-order valence-corrected chi connectivity index (χ1v) is 8.10. The SMILES string of the molecule is C=C(Nc1ccccc1)c1cc2c(n(C)c1=O)CCC(C)(C)C2. The van der Waals surface area contributed by atoms with Crippen LogP contribution in [0.4, 0.5) is 5.69 Å². The Balaban J connectivity index is 1.98. The van der Waals surface area contributed by atoms with Crippen LogP contribution >= 0.6 is 0 Å². The second-order valence-electron chi connectivity index (χ2n) is 7.20. The van der Waals surface area contributed by atoms with Crippen molar-refractivity contribution in [1.29, 1.82) is 0 Å². The summed E-state index contributed by atoms with van der Waals surface area (Å²) < 4.78 is 1.80. The largest absolute Gasteiger partial charge is 0.355 e. The minimum Gasteiger partial charge on any atom is -0.355 e. The molecule has 1 aromatic heterocycles. The number of benzene rings is 1. The van der Waals surface area contributed by atoms with Crippen molar-refractivity contribution in [3.63, 3.8) is 0 Å². The van der Waals surface area contributed by atoms with Crippen molar-refractivity contribution >= 4 is 11.4 Å². The van der Waals surface area contributed by atoms with E-state index in [1.165, 1.54) is 11.3 Å². The molecular formula is C20H24N2O. The van der Waals surface area contributed by atoms with E-state index in [9.17, 15) is 4.79 Å². The summed E-state index contributed by atoms with van der Waals surface area (Å²) in [6, 6.07) is 11.9. The summed E-state index contributed by atoms with van der Waals surface area (Å²) in [5, 5.41) is 3.25. The van der Waals surface area contributed by atoms with E-state index in [-0.39, 0.29) is 11.0 Å². The lowest BCUT2D eigenvalue weighted by molar-refractivity contribution is 0.308. The van der Waals surface area contributed by atoms with Gasteiger partial charge in [-0.2, -0.15) is 0 Å². The van der Waals surface area contributed by atoms with Gasteiger partial charge in [-0.3, -0.25) is 4.79 Å². The molecule has 1 aromatic carbocycles. The number of fused-ring (bicyclic) bond motifs is 1. The summed E-state index contributed by atoms with van der Waals surface area (Å²) in [6.45, 7) is 8.66. The zero-order valence-corrected chi connectivity index (χ0v) is 14.1. The first kappa shape index (κ1) is 15.6. The zero-order chi connectivity index (χ0) is 16.6. The molecule has 0 atom stereocenters. The Morgan fingerprint density at radius 1 is 1.26 bits per heavy atom. The van der Waals surface area contributed by atoms with Crippen LogP contribution in [0.2, 0.25) is 0 Å². The highest BCUT2D eigenvalue weighted by Crippen LogP contribution is 2.34. The second-order valence-corrected chi connectivity index (χ2v) is 7.20. The minimum atomic E-state index is 0.0249. The van der Waals surface area contributed by atoms with Crippen molar-refractivity contribution in [3.8, 4) is 0 Å². The minimum absolute atomic E-state index is 0.0249. The molecule has 0 bridgehead atoms. The smallest absolute Gasteiger partial charge is 0.259 e. The third-order valence-electron chi connectivity index (χ3n) is 4.73. The molecule has 23 heavy (non-hydrogen) atoms. The van der Waals surface area contributed by atoms with E-state index >= 15 is 0 Å². The summed E-state index contributed by atoms with van der Waals surface area (Å²) >= 11 is 0. The van der Waals surface area contributed by atoms with E-state index in [1.807, 2.05) is 43.4 Å². The number of nitrogens with zero attached hydrogens (tertiary/aromatic N) is 1. The molecule has 0 amide bonds. The van der Waals surface area contributed by atoms with Gasteiger partial charge in [0.1, 0.15) is 0 Å². The fourth-order valence-corrected chi connectivity index (χ4v) is 3.36. The van der Waals surface area contributed by atoms with Crippen LogP contribution in [0.5, 0.6) is 0 Å². The molecule has 0 radical (unpaired) electrons. The fourth-order valence-electron chi connectivity index (χ4n) is 3.36. The van der Waals surface area contributed by atoms with Gasteiger partial charge in [-0.15, -0.1) is 0 Å². The average molecular weight is 308 g/mol. The van der Waals surface area contributed by atoms with Crippen LogP contribution in [-0.2, 0) is 19.9 Å². The molecule has 3 rings (SSSR count). The van der Waals surface area contributed by atoms with Crippen LogP contribution in [0.25, 0.3) is 5.70 Å². The maximum absolute atomic E-state index is 12.7. The van der Waals surface area contributed by atoms with Gasteiger partial charge in [-0.1, -0.05) is 38.6 Å². The molecule has 0 unspecified atom stereocenters. The van der Waals surface area contributed by atoms with E-state index < -0.39 is 0 Å². The molecule has 0 fully saturated rings. The molecule has 0 saturated carbocycles. The van der Waals surface area contributed by atoms with Crippen LogP contribution in [0.1, 0.15) is 37.1 Å². The monoisotopic (exact) mass is 308 g/mol. The van der Waals surface area contributed by atoms with Gasteiger partial charge in [-0.05, 0) is 48.4 Å². The number of para-hydroxylation sites is 1. The van der Waals surface area contributed by atoms with Crippen molar-refractivity contribution in [3.05, 3.63) is 70.2 Å². The predicted octanol–water partition coefficient (Wildman–Crippen LogP) is 3.98. The number of hydrogen-bond donors (Lipinski definition) is 1. The number of rotatable bonds is 3. The van der Waals surface area contributed by atoms with Gasteiger partial charge in [-0.25, -0.2) is 0 Å². The van der Waals surface area contributed by atoms with Crippen molar-refractivity contribution in [2.24, 2.45) is 12.5 Å². The first-order valence-electron chi connectivity index (χ1n) is 8.10. The van der Waals surface area contributed by atoms with Crippen LogP contribution in [0.3, 0.4) is 0 Å². The van der Waals surface area contributed by atoms with Gasteiger partial charge in [0.15, 0.2) is 0 Å². The quantitative estimate of drug-likeness (QED) is 0.930. The first-order chi connectivity index (χ1) is 10.9. The van der Waals surface area contributed by atoms with E-state index in [0.29, 0.717) is 11.3 Å². The van der Waals surface area contributed by atoms with Crippen molar-refractivity contribution in [2.45, 2.75) is 33.1 Å². The fraction of sp³-hybridized carbons (Fsp3) is 0.350. The van der Waals surface area contributed by atoms with Gasteiger partial charge in [0.25, 0.3) is 5.56 Å². The maximum atomic E-state index is 12.7. The van der Waals surface area contributed by atoms with E-state index in [1.54, 1.807) is 4.57 Å². The third-order valence-corrected chi connectivity index (χ3v) is 4.73. The molecule has 1 aliphatic carbocycles. The van der Waals surface area contributed by atoms with Crippen molar-refractivity contribution < 1.29 is 0 Å². The predicted molar refractivity (Wildman–Crippen MR) is 96.6 cm³/mol. The summed E-state index contributed by atoms with van der Waals surface area (Å²) in [5.41, 5.74) is 5.01. The number of hydrogen-bond acceptors (Lipinski definition) is 2. The molecule has 1 aliphatic rings. The number of nitrogens with one attached hydrogen (secondary N) is 1. The standard InChI is InChI=1S/C20H24N2O/c1-14(21-16-8-6-5-7-9-16)17-12-15-13-20(2,3)11-10-18(15)22(4)19(17)23/h5-9,12,21H,1,10-11,13H2,2-4H3. The van der Waals surface area contributed by atoms with Gasteiger partial charge in [0, 0.05) is 24.1 Å². The Morgan fingerprint density at radius 2 is 1.96 bits per heavy atom. The van der Waals surface area contributed by atoms with E-state index in [0.717, 1.165) is 24.9 Å². The molecule has 0 spiro atoms. The Morgan fingerprint density at radius 3 is 2.65 bits per heavy atom. The molecule has 2 aromatic rings. The molecule has 3 nitrogen and oxygen atoms in total. The van der Waals surface area contributed by atoms with Crippen LogP contribution in [-0.4, -0.2) is 4.57 Å². The molecular weight excluding hydrogens is 284 g/mol. The number of anilines is 1. The highest BCUT2D eigenvalue weighted by Gasteiger charge is 2.27. The van der Waals surface area contributed by atoms with E-state index in [4.69, 9.17) is 0 Å². The van der Waals surface area contributed by atoms with Crippen LogP contribution < -0.4 is 10.9 Å². The normalized spacial score (nSPS) is 15.8. The van der Waals surface area contributed by atoms with Gasteiger partial charge < -0.3 is 9.88 Å². The second kappa shape index (κ2) is 5.73. The van der Waals surface area contributed by atoms with Gasteiger partial charge in [0.05, 0.1) is 5.56 Å². The van der Waals surface area contributed by atoms with Crippen LogP contribution in [0.15, 0.2) is 47.8 Å². The van der Waals surface area contributed by atoms with Crippen molar-refractivity contribution in [2.75, 3.05) is 5.32 Å². The van der Waals surface area contributed by atoms with Gasteiger partial charge in [0.2, 0.25) is 0 Å². The van der Waals surface area contributed by atoms with E-state index in [2.05, 4.69) is 25.7 Å². The lowest BCUT2D eigenvalue weighted by Gasteiger charge is -2.32. The lowest BCUT2D eigenvalue weighted by Crippen LogP contribution is -2.32. The molecule has 1 N–H and O–H groups in total. The molecule has 3 heteroatoms. The highest BCUT2D eigenvalue weighted by molar-refractivity contribution is 5.75. The summed E-state index contributed by atoms with van der Waals surface area (Å²) in [4.78, 5) is 12.7. The number of aromatic nitrogens is 1. The summed E-state index contributed by atoms with van der Waals surface area (Å²) in [5.74, 6) is 0. The van der Waals surface area contributed by atoms with Crippen LogP contribution in [0, 0.1) is 5.41 Å². The molecule has 120 valence electrons. The molecule has 0 aliphatic heterocycles. The average Bonchev–Trinajstić information content (AvgIpc) is 2.50. The summed E-state index contributed by atoms with van der Waals surface area (Å²) in [6.07, 6.45) is 3.09. The highest BCUT2D eigenvalue weighted by atomic mass is 16.1. The Hall–Kier alpha value is -2.29. The molecule has 1 heterocycles. The van der Waals surface area contributed by atoms with Gasteiger partial charge >= 0.3 is 0 Å². The van der Waals surface area contributed by atoms with Crippen molar-refractivity contribution in [1.82, 2.24) is 4.57 Å². The summed E-state index contributed by atoms with van der Waals surface area (Å²) in [7, 11) is 1.87. The maximum Gasteiger partial charge on any atom is 0.259 e. The Kier molecular flexibility index (Phi) is 3.88.